The van der Waals surface area contributed by atoms with E-state index in [1.165, 1.54) is 7.11 Å². The molecule has 0 saturated carbocycles. The summed E-state index contributed by atoms with van der Waals surface area (Å²) in [5.41, 5.74) is 4.02. The van der Waals surface area contributed by atoms with Gasteiger partial charge in [0.25, 0.3) is 0 Å². The number of methoxy groups -OCH3 is 1. The zero-order valence-corrected chi connectivity index (χ0v) is 12.9. The number of benzene rings is 2. The highest BCUT2D eigenvalue weighted by Gasteiger charge is 2.08. The van der Waals surface area contributed by atoms with Gasteiger partial charge in [0.2, 0.25) is 0 Å². The van der Waals surface area contributed by atoms with Crippen molar-refractivity contribution in [3.63, 3.8) is 0 Å². The standard InChI is InChI=1S/C17H18ClNO2/c1-12-7-8-16(15(18)9-12)19-11-14-6-4-3-5-13(14)10-17(20)21-2/h3-9,19H,10-11H2,1-2H3. The van der Waals surface area contributed by atoms with Crippen LogP contribution in [-0.4, -0.2) is 13.1 Å². The largest absolute Gasteiger partial charge is 0.469 e. The molecule has 0 amide bonds. The summed E-state index contributed by atoms with van der Waals surface area (Å²) in [5, 5.41) is 4.00. The number of anilines is 1. The van der Waals surface area contributed by atoms with Gasteiger partial charge in [0.15, 0.2) is 0 Å². The highest BCUT2D eigenvalue weighted by Crippen LogP contribution is 2.23. The lowest BCUT2D eigenvalue weighted by Gasteiger charge is -2.12. The Morgan fingerprint density at radius 2 is 1.90 bits per heavy atom. The van der Waals surface area contributed by atoms with Crippen molar-refractivity contribution in [1.29, 1.82) is 0 Å². The minimum absolute atomic E-state index is 0.240. The second-order valence-electron chi connectivity index (χ2n) is 4.86. The number of halogens is 1. The average Bonchev–Trinajstić information content (AvgIpc) is 2.47. The molecule has 2 rings (SSSR count). The molecular weight excluding hydrogens is 286 g/mol. The molecule has 0 aliphatic heterocycles. The zero-order chi connectivity index (χ0) is 15.2. The van der Waals surface area contributed by atoms with E-state index >= 15 is 0 Å². The first-order chi connectivity index (χ1) is 10.1. The molecule has 0 aliphatic rings. The molecule has 0 atom stereocenters. The summed E-state index contributed by atoms with van der Waals surface area (Å²) in [6, 6.07) is 13.7. The van der Waals surface area contributed by atoms with E-state index in [4.69, 9.17) is 16.3 Å². The zero-order valence-electron chi connectivity index (χ0n) is 12.2. The quantitative estimate of drug-likeness (QED) is 0.849. The summed E-state index contributed by atoms with van der Waals surface area (Å²) >= 11 is 6.21. The third-order valence-corrected chi connectivity index (χ3v) is 3.59. The van der Waals surface area contributed by atoms with Crippen molar-refractivity contribution in [2.45, 2.75) is 19.9 Å². The Morgan fingerprint density at radius 3 is 2.57 bits per heavy atom. The van der Waals surface area contributed by atoms with Gasteiger partial charge in [-0.25, -0.2) is 0 Å². The molecule has 3 nitrogen and oxygen atoms in total. The third-order valence-electron chi connectivity index (χ3n) is 3.27. The molecule has 0 radical (unpaired) electrons. The normalized spacial score (nSPS) is 10.2. The van der Waals surface area contributed by atoms with E-state index in [-0.39, 0.29) is 12.4 Å². The second-order valence-corrected chi connectivity index (χ2v) is 5.27. The van der Waals surface area contributed by atoms with Crippen molar-refractivity contribution in [1.82, 2.24) is 0 Å². The van der Waals surface area contributed by atoms with Crippen LogP contribution in [0.3, 0.4) is 0 Å². The van der Waals surface area contributed by atoms with Crippen LogP contribution in [0, 0.1) is 6.92 Å². The van der Waals surface area contributed by atoms with Crippen molar-refractivity contribution in [3.05, 3.63) is 64.2 Å². The summed E-state index contributed by atoms with van der Waals surface area (Å²) in [4.78, 5) is 11.4. The van der Waals surface area contributed by atoms with E-state index in [0.717, 1.165) is 22.4 Å². The Morgan fingerprint density at radius 1 is 1.19 bits per heavy atom. The Bertz CT molecular complexity index is 640. The maximum absolute atomic E-state index is 11.4. The summed E-state index contributed by atoms with van der Waals surface area (Å²) in [7, 11) is 1.40. The van der Waals surface area contributed by atoms with Crippen molar-refractivity contribution in [3.8, 4) is 0 Å². The predicted molar refractivity (Wildman–Crippen MR) is 85.7 cm³/mol. The highest BCUT2D eigenvalue weighted by atomic mass is 35.5. The molecule has 0 aliphatic carbocycles. The molecule has 0 saturated heterocycles. The van der Waals surface area contributed by atoms with Crippen LogP contribution in [0.4, 0.5) is 5.69 Å². The van der Waals surface area contributed by atoms with Gasteiger partial charge in [-0.1, -0.05) is 41.9 Å². The van der Waals surface area contributed by atoms with E-state index in [1.54, 1.807) is 0 Å². The molecular formula is C17H18ClNO2. The summed E-state index contributed by atoms with van der Waals surface area (Å²) in [6.45, 7) is 2.61. The van der Waals surface area contributed by atoms with Crippen LogP contribution in [-0.2, 0) is 22.5 Å². The lowest BCUT2D eigenvalue weighted by molar-refractivity contribution is -0.139. The fourth-order valence-corrected chi connectivity index (χ4v) is 2.39. The molecule has 2 aromatic carbocycles. The van der Waals surface area contributed by atoms with Crippen LogP contribution >= 0.6 is 11.6 Å². The maximum Gasteiger partial charge on any atom is 0.309 e. The van der Waals surface area contributed by atoms with Crippen LogP contribution in [0.1, 0.15) is 16.7 Å². The monoisotopic (exact) mass is 303 g/mol. The first-order valence-corrected chi connectivity index (χ1v) is 7.11. The van der Waals surface area contributed by atoms with Crippen molar-refractivity contribution in [2.24, 2.45) is 0 Å². The lowest BCUT2D eigenvalue weighted by atomic mass is 10.0. The van der Waals surface area contributed by atoms with Crippen LogP contribution < -0.4 is 5.32 Å². The van der Waals surface area contributed by atoms with Crippen LogP contribution in [0.5, 0.6) is 0 Å². The van der Waals surface area contributed by atoms with Gasteiger partial charge in [-0.2, -0.15) is 0 Å². The summed E-state index contributed by atoms with van der Waals surface area (Å²) in [6.07, 6.45) is 0.274. The fourth-order valence-electron chi connectivity index (χ4n) is 2.08. The second kappa shape index (κ2) is 7.14. The number of aryl methyl sites for hydroxylation is 1. The Hall–Kier alpha value is -2.00. The third kappa shape index (κ3) is 4.23. The van der Waals surface area contributed by atoms with Crippen molar-refractivity contribution >= 4 is 23.3 Å². The number of esters is 1. The van der Waals surface area contributed by atoms with Crippen molar-refractivity contribution in [2.75, 3.05) is 12.4 Å². The van der Waals surface area contributed by atoms with Gasteiger partial charge in [-0.15, -0.1) is 0 Å². The first kappa shape index (κ1) is 15.4. The van der Waals surface area contributed by atoms with Gasteiger partial charge in [0, 0.05) is 6.54 Å². The molecule has 1 N–H and O–H groups in total. The minimum Gasteiger partial charge on any atom is -0.469 e. The Balaban J connectivity index is 2.11. The number of hydrogen-bond acceptors (Lipinski definition) is 3. The van der Waals surface area contributed by atoms with Crippen LogP contribution in [0.25, 0.3) is 0 Å². The van der Waals surface area contributed by atoms with Gasteiger partial charge in [0.05, 0.1) is 24.2 Å². The molecule has 110 valence electrons. The predicted octanol–water partition coefficient (Wildman–Crippen LogP) is 3.98. The van der Waals surface area contributed by atoms with Crippen LogP contribution in [0.15, 0.2) is 42.5 Å². The molecule has 21 heavy (non-hydrogen) atoms. The molecule has 4 heteroatoms. The van der Waals surface area contributed by atoms with E-state index in [2.05, 4.69) is 5.32 Å². The van der Waals surface area contributed by atoms with Gasteiger partial charge < -0.3 is 10.1 Å². The highest BCUT2D eigenvalue weighted by molar-refractivity contribution is 6.33. The molecule has 0 heterocycles. The topological polar surface area (TPSA) is 38.3 Å². The number of nitrogens with one attached hydrogen (secondary N) is 1. The van der Waals surface area contributed by atoms with E-state index < -0.39 is 0 Å². The molecule has 0 spiro atoms. The molecule has 0 unspecified atom stereocenters. The average molecular weight is 304 g/mol. The van der Waals surface area contributed by atoms with E-state index in [1.807, 2.05) is 49.4 Å². The number of carbonyl (C=O) groups is 1. The summed E-state index contributed by atoms with van der Waals surface area (Å²) in [5.74, 6) is -0.240. The number of hydrogen-bond donors (Lipinski definition) is 1. The summed E-state index contributed by atoms with van der Waals surface area (Å²) < 4.78 is 4.72. The Labute approximate surface area is 129 Å². The molecule has 2 aromatic rings. The van der Waals surface area contributed by atoms with E-state index in [9.17, 15) is 4.79 Å². The van der Waals surface area contributed by atoms with Gasteiger partial charge in [-0.05, 0) is 35.7 Å². The molecule has 0 aromatic heterocycles. The number of rotatable bonds is 5. The van der Waals surface area contributed by atoms with Crippen molar-refractivity contribution < 1.29 is 9.53 Å². The number of ether oxygens (including phenoxy) is 1. The minimum atomic E-state index is -0.240. The molecule has 0 bridgehead atoms. The molecule has 0 fully saturated rings. The first-order valence-electron chi connectivity index (χ1n) is 6.74. The van der Waals surface area contributed by atoms with Gasteiger partial charge >= 0.3 is 5.97 Å². The fraction of sp³-hybridized carbons (Fsp3) is 0.235. The smallest absolute Gasteiger partial charge is 0.309 e. The van der Waals surface area contributed by atoms with E-state index in [0.29, 0.717) is 11.6 Å². The van der Waals surface area contributed by atoms with Gasteiger partial charge in [-0.3, -0.25) is 4.79 Å². The van der Waals surface area contributed by atoms with Crippen LogP contribution in [0.2, 0.25) is 5.02 Å². The lowest BCUT2D eigenvalue weighted by Crippen LogP contribution is -2.09. The Kier molecular flexibility index (Phi) is 5.23. The SMILES string of the molecule is COC(=O)Cc1ccccc1CNc1ccc(C)cc1Cl. The number of carbonyl (C=O) groups excluding carboxylic acids is 1. The maximum atomic E-state index is 11.4. The van der Waals surface area contributed by atoms with Gasteiger partial charge in [0.1, 0.15) is 0 Å².